The zero-order valence-electron chi connectivity index (χ0n) is 16.8. The molecule has 0 saturated heterocycles. The number of thiophene rings is 1. The minimum Gasteiger partial charge on any atom is -0.463 e. The third-order valence-electron chi connectivity index (χ3n) is 4.52. The summed E-state index contributed by atoms with van der Waals surface area (Å²) >= 11 is 2.83. The number of urea groups is 1. The van der Waals surface area contributed by atoms with Crippen molar-refractivity contribution in [1.82, 2.24) is 15.6 Å². The van der Waals surface area contributed by atoms with Gasteiger partial charge in [0.25, 0.3) is 0 Å². The van der Waals surface area contributed by atoms with Gasteiger partial charge in [0.1, 0.15) is 16.5 Å². The molecule has 31 heavy (non-hydrogen) atoms. The maximum absolute atomic E-state index is 12.6. The van der Waals surface area contributed by atoms with Crippen molar-refractivity contribution in [2.24, 2.45) is 0 Å². The number of nitrogens with zero attached hydrogens (tertiary/aromatic N) is 1. The van der Waals surface area contributed by atoms with Crippen molar-refractivity contribution >= 4 is 50.9 Å². The number of hydrogen-bond acceptors (Lipinski definition) is 8. The van der Waals surface area contributed by atoms with Crippen molar-refractivity contribution in [2.75, 3.05) is 13.2 Å². The summed E-state index contributed by atoms with van der Waals surface area (Å²) in [5.74, 6) is -1.11. The Hall–Kier alpha value is -3.24. The smallest absolute Gasteiger partial charge is 0.348 e. The quantitative estimate of drug-likeness (QED) is 0.547. The van der Waals surface area contributed by atoms with Gasteiger partial charge in [-0.3, -0.25) is 0 Å². The van der Waals surface area contributed by atoms with Gasteiger partial charge in [-0.2, -0.15) is 0 Å². The molecule has 8 nitrogen and oxygen atoms in total. The van der Waals surface area contributed by atoms with Gasteiger partial charge in [0.2, 0.25) is 0 Å². The molecule has 1 aliphatic rings. The van der Waals surface area contributed by atoms with Crippen molar-refractivity contribution in [2.45, 2.75) is 19.9 Å². The van der Waals surface area contributed by atoms with Gasteiger partial charge < -0.3 is 20.1 Å². The van der Waals surface area contributed by atoms with Gasteiger partial charge >= 0.3 is 18.0 Å². The van der Waals surface area contributed by atoms with E-state index in [0.29, 0.717) is 4.88 Å². The van der Waals surface area contributed by atoms with Crippen LogP contribution in [-0.4, -0.2) is 42.2 Å². The summed E-state index contributed by atoms with van der Waals surface area (Å²) in [4.78, 5) is 42.5. The van der Waals surface area contributed by atoms with Crippen LogP contribution >= 0.6 is 22.7 Å². The fourth-order valence-electron chi connectivity index (χ4n) is 3.14. The number of rotatable bonds is 6. The summed E-state index contributed by atoms with van der Waals surface area (Å²) in [6.45, 7) is 3.30. The lowest BCUT2D eigenvalue weighted by atomic mass is 10.0. The summed E-state index contributed by atoms with van der Waals surface area (Å²) in [5.41, 5.74) is 1.36. The van der Waals surface area contributed by atoms with Crippen LogP contribution in [0.4, 0.5) is 4.79 Å². The number of amides is 2. The maximum atomic E-state index is 12.6. The molecule has 3 heterocycles. The highest BCUT2D eigenvalue weighted by Gasteiger charge is 2.30. The predicted octanol–water partition coefficient (Wildman–Crippen LogP) is 3.70. The van der Waals surface area contributed by atoms with Crippen LogP contribution in [0.5, 0.6) is 0 Å². The highest BCUT2D eigenvalue weighted by Crippen LogP contribution is 2.34. The number of thiazole rings is 1. The van der Waals surface area contributed by atoms with Crippen LogP contribution < -0.4 is 10.6 Å². The number of fused-ring (bicyclic) bond motifs is 1. The number of esters is 2. The van der Waals surface area contributed by atoms with E-state index in [-0.39, 0.29) is 24.5 Å². The first-order valence-corrected chi connectivity index (χ1v) is 11.2. The number of nitrogens with one attached hydrogen (secondary N) is 2. The number of benzene rings is 1. The molecule has 0 fully saturated rings. The zero-order valence-corrected chi connectivity index (χ0v) is 18.4. The summed E-state index contributed by atoms with van der Waals surface area (Å²) in [6.07, 6.45) is 0. The van der Waals surface area contributed by atoms with E-state index in [9.17, 15) is 14.4 Å². The fourth-order valence-corrected chi connectivity index (χ4v) is 5.06. The van der Waals surface area contributed by atoms with Crippen LogP contribution in [-0.2, 0) is 14.3 Å². The molecule has 4 rings (SSSR count). The molecule has 1 unspecified atom stereocenters. The molecule has 0 bridgehead atoms. The molecule has 0 aliphatic carbocycles. The van der Waals surface area contributed by atoms with Gasteiger partial charge in [-0.1, -0.05) is 12.1 Å². The average Bonchev–Trinajstić information content (AvgIpc) is 3.38. The van der Waals surface area contributed by atoms with Crippen molar-refractivity contribution in [3.05, 3.63) is 52.5 Å². The molecule has 1 aromatic carbocycles. The summed E-state index contributed by atoms with van der Waals surface area (Å²) in [7, 11) is 0. The monoisotopic (exact) mass is 457 g/mol. The first kappa shape index (κ1) is 21.0. The van der Waals surface area contributed by atoms with Gasteiger partial charge in [-0.15, -0.1) is 22.7 Å². The standard InChI is InChI=1S/C21H19N3O5S2/c1-3-28-20(26)17-11(2)22-21(27)24-13(17)10-29-19(25)16-9-8-15(30-16)18-23-12-6-4-5-7-14(12)31-18/h4-9,11H,3,10H2,1-2H3,(H2,22,24,27). The van der Waals surface area contributed by atoms with Crippen LogP contribution in [0, 0.1) is 0 Å². The lowest BCUT2D eigenvalue weighted by Gasteiger charge is -2.26. The molecule has 0 radical (unpaired) electrons. The second kappa shape index (κ2) is 8.86. The first-order chi connectivity index (χ1) is 15.0. The number of ether oxygens (including phenoxy) is 2. The van der Waals surface area contributed by atoms with Crippen LogP contribution in [0.1, 0.15) is 23.5 Å². The van der Waals surface area contributed by atoms with Gasteiger partial charge in [0.15, 0.2) is 0 Å². The van der Waals surface area contributed by atoms with E-state index in [0.717, 1.165) is 20.1 Å². The molecule has 2 amide bonds. The molecule has 160 valence electrons. The van der Waals surface area contributed by atoms with E-state index < -0.39 is 24.0 Å². The summed E-state index contributed by atoms with van der Waals surface area (Å²) < 4.78 is 11.5. The highest BCUT2D eigenvalue weighted by molar-refractivity contribution is 7.26. The Balaban J connectivity index is 1.49. The first-order valence-electron chi connectivity index (χ1n) is 9.57. The van der Waals surface area contributed by atoms with Gasteiger partial charge in [0, 0.05) is 0 Å². The SMILES string of the molecule is CCOC(=O)C1=C(COC(=O)c2ccc(-c3nc4ccccc4s3)s2)NC(=O)NC1C. The van der Waals surface area contributed by atoms with E-state index in [1.54, 1.807) is 31.3 Å². The van der Waals surface area contributed by atoms with Crippen LogP contribution in [0.15, 0.2) is 47.7 Å². The van der Waals surface area contributed by atoms with E-state index in [4.69, 9.17) is 9.47 Å². The van der Waals surface area contributed by atoms with Crippen molar-refractivity contribution in [1.29, 1.82) is 0 Å². The molecule has 0 spiro atoms. The zero-order chi connectivity index (χ0) is 22.0. The third-order valence-corrected chi connectivity index (χ3v) is 6.80. The third kappa shape index (κ3) is 4.44. The topological polar surface area (TPSA) is 107 Å². The Morgan fingerprint density at radius 1 is 1.10 bits per heavy atom. The van der Waals surface area contributed by atoms with Crippen molar-refractivity contribution < 1.29 is 23.9 Å². The molecule has 2 aromatic heterocycles. The predicted molar refractivity (Wildman–Crippen MR) is 118 cm³/mol. The summed E-state index contributed by atoms with van der Waals surface area (Å²) in [6, 6.07) is 10.3. The number of carbonyl (C=O) groups is 3. The highest BCUT2D eigenvalue weighted by atomic mass is 32.1. The average molecular weight is 458 g/mol. The Labute approximate surface area is 185 Å². The Kier molecular flexibility index (Phi) is 6.01. The fraction of sp³-hybridized carbons (Fsp3) is 0.238. The van der Waals surface area contributed by atoms with Crippen LogP contribution in [0.25, 0.3) is 20.1 Å². The van der Waals surface area contributed by atoms with E-state index in [1.165, 1.54) is 11.3 Å². The minimum atomic E-state index is -0.567. The lowest BCUT2D eigenvalue weighted by molar-refractivity contribution is -0.139. The van der Waals surface area contributed by atoms with Gasteiger partial charge in [-0.05, 0) is 38.1 Å². The Bertz CT molecular complexity index is 1160. The van der Waals surface area contributed by atoms with E-state index >= 15 is 0 Å². The largest absolute Gasteiger partial charge is 0.463 e. The molecule has 0 saturated carbocycles. The minimum absolute atomic E-state index is 0.194. The molecular formula is C21H19N3O5S2. The number of hydrogen-bond donors (Lipinski definition) is 2. The molecule has 1 atom stereocenters. The van der Waals surface area contributed by atoms with Gasteiger partial charge in [0.05, 0.1) is 39.0 Å². The van der Waals surface area contributed by atoms with Crippen LogP contribution in [0.2, 0.25) is 0 Å². The van der Waals surface area contributed by atoms with Crippen molar-refractivity contribution in [3.8, 4) is 9.88 Å². The Morgan fingerprint density at radius 3 is 2.68 bits per heavy atom. The summed E-state index contributed by atoms with van der Waals surface area (Å²) in [5, 5.41) is 5.96. The molecule has 3 aromatic rings. The van der Waals surface area contributed by atoms with E-state index in [1.807, 2.05) is 30.3 Å². The molecular weight excluding hydrogens is 438 g/mol. The molecule has 2 N–H and O–H groups in total. The number of carbonyl (C=O) groups excluding carboxylic acids is 3. The maximum Gasteiger partial charge on any atom is 0.348 e. The second-order valence-electron chi connectivity index (χ2n) is 6.66. The van der Waals surface area contributed by atoms with Gasteiger partial charge in [-0.25, -0.2) is 19.4 Å². The normalized spacial score (nSPS) is 16.1. The van der Waals surface area contributed by atoms with Crippen molar-refractivity contribution in [3.63, 3.8) is 0 Å². The van der Waals surface area contributed by atoms with E-state index in [2.05, 4.69) is 15.6 Å². The second-order valence-corrected chi connectivity index (χ2v) is 8.77. The Morgan fingerprint density at radius 2 is 1.90 bits per heavy atom. The molecule has 10 heteroatoms. The molecule has 1 aliphatic heterocycles. The van der Waals surface area contributed by atoms with Crippen LogP contribution in [0.3, 0.4) is 0 Å². The lowest BCUT2D eigenvalue weighted by Crippen LogP contribution is -2.50. The number of para-hydroxylation sites is 1. The number of aromatic nitrogens is 1.